The molecule has 1 saturated carbocycles. The van der Waals surface area contributed by atoms with Crippen molar-refractivity contribution >= 4 is 0 Å². The molecule has 0 bridgehead atoms. The first kappa shape index (κ1) is 14.3. The van der Waals surface area contributed by atoms with Crippen LogP contribution in [0.2, 0.25) is 0 Å². The summed E-state index contributed by atoms with van der Waals surface area (Å²) in [6, 6.07) is 0.727. The van der Waals surface area contributed by atoms with Gasteiger partial charge < -0.3 is 10.6 Å². The Morgan fingerprint density at radius 1 is 1.11 bits per heavy atom. The topological polar surface area (TPSA) is 32.5 Å². The van der Waals surface area contributed by atoms with Crippen molar-refractivity contribution in [2.75, 3.05) is 33.2 Å². The lowest BCUT2D eigenvalue weighted by Gasteiger charge is -2.49. The van der Waals surface area contributed by atoms with Crippen LogP contribution >= 0.6 is 0 Å². The number of nitrogens with two attached hydrogens (primary N) is 1. The number of hydrogen-bond donors (Lipinski definition) is 1. The maximum atomic E-state index is 6.20. The Balaban J connectivity index is 2.06. The number of hydrogen-bond acceptors (Lipinski definition) is 3. The Morgan fingerprint density at radius 3 is 2.33 bits per heavy atom. The molecule has 0 spiro atoms. The van der Waals surface area contributed by atoms with Gasteiger partial charge in [-0.05, 0) is 26.3 Å². The zero-order chi connectivity index (χ0) is 13.0. The molecular formula is C15H31N3. The van der Waals surface area contributed by atoms with Gasteiger partial charge in [-0.25, -0.2) is 0 Å². The van der Waals surface area contributed by atoms with Crippen LogP contribution < -0.4 is 5.73 Å². The fourth-order valence-electron chi connectivity index (χ4n) is 3.85. The van der Waals surface area contributed by atoms with Crippen molar-refractivity contribution in [1.82, 2.24) is 9.80 Å². The quantitative estimate of drug-likeness (QED) is 0.782. The summed E-state index contributed by atoms with van der Waals surface area (Å²) in [6.45, 7) is 6.81. The van der Waals surface area contributed by atoms with Gasteiger partial charge in [0.25, 0.3) is 0 Å². The van der Waals surface area contributed by atoms with Crippen LogP contribution in [-0.2, 0) is 0 Å². The van der Waals surface area contributed by atoms with E-state index in [1.54, 1.807) is 0 Å². The first-order valence-corrected chi connectivity index (χ1v) is 7.87. The standard InChI is InChI=1S/C15H31N3/c1-3-14-12-18(11-10-17(14)2)15(13-16)8-6-4-5-7-9-15/h14H,3-13,16H2,1-2H3. The second-order valence-electron chi connectivity index (χ2n) is 6.33. The summed E-state index contributed by atoms with van der Waals surface area (Å²) in [5, 5.41) is 0. The van der Waals surface area contributed by atoms with Crippen LogP contribution in [0, 0.1) is 0 Å². The molecule has 3 nitrogen and oxygen atoms in total. The first-order valence-electron chi connectivity index (χ1n) is 7.87. The third-order valence-electron chi connectivity index (χ3n) is 5.33. The van der Waals surface area contributed by atoms with Crippen molar-refractivity contribution in [1.29, 1.82) is 0 Å². The Morgan fingerprint density at radius 2 is 1.78 bits per heavy atom. The van der Waals surface area contributed by atoms with Crippen molar-refractivity contribution in [3.05, 3.63) is 0 Å². The summed E-state index contributed by atoms with van der Waals surface area (Å²) < 4.78 is 0. The molecule has 1 atom stereocenters. The molecule has 106 valence electrons. The zero-order valence-corrected chi connectivity index (χ0v) is 12.3. The Hall–Kier alpha value is -0.120. The minimum absolute atomic E-state index is 0.325. The first-order chi connectivity index (χ1) is 8.72. The molecule has 1 saturated heterocycles. The maximum absolute atomic E-state index is 6.20. The van der Waals surface area contributed by atoms with Gasteiger partial charge >= 0.3 is 0 Å². The van der Waals surface area contributed by atoms with Gasteiger partial charge in [-0.3, -0.25) is 4.90 Å². The molecule has 0 radical (unpaired) electrons. The molecule has 0 aromatic carbocycles. The second kappa shape index (κ2) is 6.36. The molecule has 0 aromatic rings. The van der Waals surface area contributed by atoms with E-state index in [0.29, 0.717) is 5.54 Å². The van der Waals surface area contributed by atoms with Gasteiger partial charge in [-0.2, -0.15) is 0 Å². The van der Waals surface area contributed by atoms with Gasteiger partial charge in [-0.1, -0.05) is 32.6 Å². The highest BCUT2D eigenvalue weighted by Gasteiger charge is 2.38. The van der Waals surface area contributed by atoms with Crippen molar-refractivity contribution in [2.24, 2.45) is 5.73 Å². The van der Waals surface area contributed by atoms with E-state index < -0.39 is 0 Å². The van der Waals surface area contributed by atoms with Crippen LogP contribution in [0.1, 0.15) is 51.9 Å². The van der Waals surface area contributed by atoms with Gasteiger partial charge in [0.05, 0.1) is 0 Å². The molecule has 2 aliphatic rings. The summed E-state index contributed by atoms with van der Waals surface area (Å²) >= 11 is 0. The van der Waals surface area contributed by atoms with Gasteiger partial charge in [0.2, 0.25) is 0 Å². The van der Waals surface area contributed by atoms with Crippen LogP contribution in [0.25, 0.3) is 0 Å². The molecule has 0 amide bonds. The SMILES string of the molecule is CCC1CN(C2(CN)CCCCCC2)CCN1C. The third kappa shape index (κ3) is 2.89. The molecule has 1 aliphatic carbocycles. The van der Waals surface area contributed by atoms with Gasteiger partial charge in [0, 0.05) is 37.8 Å². The maximum Gasteiger partial charge on any atom is 0.0332 e. The predicted octanol–water partition coefficient (Wildman–Crippen LogP) is 2.06. The largest absolute Gasteiger partial charge is 0.329 e. The molecule has 1 unspecified atom stereocenters. The highest BCUT2D eigenvalue weighted by Crippen LogP contribution is 2.33. The molecular weight excluding hydrogens is 222 g/mol. The van der Waals surface area contributed by atoms with E-state index in [2.05, 4.69) is 23.8 Å². The van der Waals surface area contributed by atoms with Crippen molar-refractivity contribution in [3.8, 4) is 0 Å². The number of likely N-dealkylation sites (N-methyl/N-ethyl adjacent to an activating group) is 1. The minimum Gasteiger partial charge on any atom is -0.329 e. The lowest BCUT2D eigenvalue weighted by Crippen LogP contribution is -2.62. The van der Waals surface area contributed by atoms with E-state index in [9.17, 15) is 0 Å². The smallest absolute Gasteiger partial charge is 0.0332 e. The lowest BCUT2D eigenvalue weighted by atomic mass is 9.86. The van der Waals surface area contributed by atoms with E-state index in [1.807, 2.05) is 0 Å². The Kier molecular flexibility index (Phi) is 5.05. The Labute approximate surface area is 113 Å². The normalized spacial score (nSPS) is 31.2. The number of nitrogens with zero attached hydrogens (tertiary/aromatic N) is 2. The van der Waals surface area contributed by atoms with Gasteiger partial charge in [0.15, 0.2) is 0 Å². The molecule has 1 aliphatic heterocycles. The third-order valence-corrected chi connectivity index (χ3v) is 5.33. The summed E-state index contributed by atoms with van der Waals surface area (Å²) in [5.74, 6) is 0. The monoisotopic (exact) mass is 253 g/mol. The predicted molar refractivity (Wildman–Crippen MR) is 77.8 cm³/mol. The van der Waals surface area contributed by atoms with Crippen molar-refractivity contribution < 1.29 is 0 Å². The molecule has 2 N–H and O–H groups in total. The fraction of sp³-hybridized carbons (Fsp3) is 1.00. The fourth-order valence-corrected chi connectivity index (χ4v) is 3.85. The number of piperazine rings is 1. The summed E-state index contributed by atoms with van der Waals surface area (Å²) in [4.78, 5) is 5.27. The van der Waals surface area contributed by atoms with E-state index in [0.717, 1.165) is 12.6 Å². The van der Waals surface area contributed by atoms with Crippen LogP contribution in [0.5, 0.6) is 0 Å². The second-order valence-corrected chi connectivity index (χ2v) is 6.33. The van der Waals surface area contributed by atoms with Crippen LogP contribution in [0.4, 0.5) is 0 Å². The van der Waals surface area contributed by atoms with E-state index in [1.165, 1.54) is 64.6 Å². The molecule has 0 aromatic heterocycles. The average Bonchev–Trinajstić information content (AvgIpc) is 2.65. The van der Waals surface area contributed by atoms with Gasteiger partial charge in [0.1, 0.15) is 0 Å². The highest BCUT2D eigenvalue weighted by molar-refractivity contribution is 4.96. The zero-order valence-electron chi connectivity index (χ0n) is 12.3. The number of rotatable bonds is 3. The van der Waals surface area contributed by atoms with Crippen LogP contribution in [0.15, 0.2) is 0 Å². The van der Waals surface area contributed by atoms with E-state index in [4.69, 9.17) is 5.73 Å². The molecule has 1 heterocycles. The van der Waals surface area contributed by atoms with Crippen molar-refractivity contribution in [2.45, 2.75) is 63.5 Å². The molecule has 2 rings (SSSR count). The summed E-state index contributed by atoms with van der Waals surface area (Å²) in [7, 11) is 2.27. The molecule has 2 fully saturated rings. The lowest BCUT2D eigenvalue weighted by molar-refractivity contribution is 0.00368. The van der Waals surface area contributed by atoms with Crippen LogP contribution in [-0.4, -0.2) is 54.6 Å². The van der Waals surface area contributed by atoms with Gasteiger partial charge in [-0.15, -0.1) is 0 Å². The highest BCUT2D eigenvalue weighted by atomic mass is 15.3. The van der Waals surface area contributed by atoms with E-state index in [-0.39, 0.29) is 0 Å². The summed E-state index contributed by atoms with van der Waals surface area (Å²) in [5.41, 5.74) is 6.53. The molecule has 3 heteroatoms. The minimum atomic E-state index is 0.325. The van der Waals surface area contributed by atoms with Crippen molar-refractivity contribution in [3.63, 3.8) is 0 Å². The Bertz CT molecular complexity index is 246. The van der Waals surface area contributed by atoms with E-state index >= 15 is 0 Å². The summed E-state index contributed by atoms with van der Waals surface area (Å²) in [6.07, 6.45) is 9.47. The van der Waals surface area contributed by atoms with Crippen LogP contribution in [0.3, 0.4) is 0 Å². The molecule has 18 heavy (non-hydrogen) atoms. The average molecular weight is 253 g/mol.